The highest BCUT2D eigenvalue weighted by molar-refractivity contribution is 5.83. The molecule has 1 rings (SSSR count). The molecule has 0 N–H and O–H groups in total. The maximum absolute atomic E-state index is 11.5. The van der Waals surface area contributed by atoms with Gasteiger partial charge in [-0.05, 0) is 32.1 Å². The summed E-state index contributed by atoms with van der Waals surface area (Å²) < 4.78 is 0. The molecule has 2 heteroatoms. The summed E-state index contributed by atoms with van der Waals surface area (Å²) in [6.45, 7) is 2.56. The number of Topliss-reactive ketones (excluding diaryl/α,β-unsaturated/α-hetero) is 1. The third-order valence-electron chi connectivity index (χ3n) is 2.14. The van der Waals surface area contributed by atoms with Gasteiger partial charge in [0.1, 0.15) is 0 Å². The number of likely N-dealkylation sites (N-methyl/N-ethyl adjacent to an activating group) is 1. The Morgan fingerprint density at radius 2 is 1.93 bits per heavy atom. The molecular weight excluding hydrogens is 174 g/mol. The van der Waals surface area contributed by atoms with Crippen LogP contribution in [0.3, 0.4) is 0 Å². The number of hydrogen-bond donors (Lipinski definition) is 0. The van der Waals surface area contributed by atoms with Crippen molar-refractivity contribution < 1.29 is 4.79 Å². The Hall–Kier alpha value is -1.15. The predicted molar refractivity (Wildman–Crippen MR) is 58.4 cm³/mol. The second-order valence-corrected chi connectivity index (χ2v) is 3.88. The lowest BCUT2D eigenvalue weighted by Gasteiger charge is -2.09. The van der Waals surface area contributed by atoms with Crippen LogP contribution in [0.5, 0.6) is 0 Å². The van der Waals surface area contributed by atoms with Gasteiger partial charge < -0.3 is 4.90 Å². The van der Waals surface area contributed by atoms with Crippen molar-refractivity contribution in [2.75, 3.05) is 20.6 Å². The second kappa shape index (κ2) is 4.91. The normalized spacial score (nSPS) is 10.6. The molecule has 0 saturated carbocycles. The first kappa shape index (κ1) is 10.9. The molecule has 76 valence electrons. The van der Waals surface area contributed by atoms with Gasteiger partial charge >= 0.3 is 0 Å². The standard InChI is InChI=1S/C12H17NO/c1-10-6-4-5-7-11(10)8-12(14)9-13(2)3/h4-7H,8-9H2,1-3H3. The zero-order chi connectivity index (χ0) is 10.6. The SMILES string of the molecule is Cc1ccccc1CC(=O)CN(C)C. The molecule has 0 radical (unpaired) electrons. The van der Waals surface area contributed by atoms with E-state index in [4.69, 9.17) is 0 Å². The molecule has 0 atom stereocenters. The van der Waals surface area contributed by atoms with E-state index in [2.05, 4.69) is 0 Å². The third kappa shape index (κ3) is 3.30. The molecule has 0 amide bonds. The van der Waals surface area contributed by atoms with Crippen molar-refractivity contribution in [3.63, 3.8) is 0 Å². The summed E-state index contributed by atoms with van der Waals surface area (Å²) in [4.78, 5) is 13.4. The molecule has 0 aromatic heterocycles. The minimum atomic E-state index is 0.268. The summed E-state index contributed by atoms with van der Waals surface area (Å²) in [6, 6.07) is 8.03. The largest absolute Gasteiger partial charge is 0.302 e. The Morgan fingerprint density at radius 3 is 2.50 bits per heavy atom. The lowest BCUT2D eigenvalue weighted by molar-refractivity contribution is -0.119. The van der Waals surface area contributed by atoms with Crippen molar-refractivity contribution in [3.8, 4) is 0 Å². The smallest absolute Gasteiger partial charge is 0.151 e. The van der Waals surface area contributed by atoms with Crippen molar-refractivity contribution in [1.29, 1.82) is 0 Å². The fourth-order valence-electron chi connectivity index (χ4n) is 1.43. The number of aryl methyl sites for hydroxylation is 1. The first-order chi connectivity index (χ1) is 6.59. The van der Waals surface area contributed by atoms with Gasteiger partial charge in [0.05, 0.1) is 6.54 Å². The molecule has 1 aromatic carbocycles. The van der Waals surface area contributed by atoms with Crippen LogP contribution >= 0.6 is 0 Å². The van der Waals surface area contributed by atoms with Gasteiger partial charge in [0.2, 0.25) is 0 Å². The third-order valence-corrected chi connectivity index (χ3v) is 2.14. The molecule has 14 heavy (non-hydrogen) atoms. The average Bonchev–Trinajstić information content (AvgIpc) is 2.07. The molecule has 0 fully saturated rings. The fourth-order valence-corrected chi connectivity index (χ4v) is 1.43. The van der Waals surface area contributed by atoms with Crippen molar-refractivity contribution in [3.05, 3.63) is 35.4 Å². The average molecular weight is 191 g/mol. The quantitative estimate of drug-likeness (QED) is 0.721. The lowest BCUT2D eigenvalue weighted by atomic mass is 10.0. The Morgan fingerprint density at radius 1 is 1.29 bits per heavy atom. The van der Waals surface area contributed by atoms with Crippen LogP contribution in [0.1, 0.15) is 11.1 Å². The molecule has 0 heterocycles. The molecule has 0 unspecified atom stereocenters. The van der Waals surface area contributed by atoms with Crippen LogP contribution in [0, 0.1) is 6.92 Å². The molecule has 0 saturated heterocycles. The highest BCUT2D eigenvalue weighted by atomic mass is 16.1. The Bertz CT molecular complexity index is 318. The molecule has 2 nitrogen and oxygen atoms in total. The predicted octanol–water partition coefficient (Wildman–Crippen LogP) is 1.67. The number of carbonyl (C=O) groups is 1. The maximum atomic E-state index is 11.5. The molecule has 0 aliphatic carbocycles. The van der Waals surface area contributed by atoms with E-state index in [1.165, 1.54) is 5.56 Å². The summed E-state index contributed by atoms with van der Waals surface area (Å²) in [5.74, 6) is 0.268. The molecule has 0 spiro atoms. The van der Waals surface area contributed by atoms with Crippen molar-refractivity contribution in [2.24, 2.45) is 0 Å². The van der Waals surface area contributed by atoms with Gasteiger partial charge in [-0.25, -0.2) is 0 Å². The van der Waals surface area contributed by atoms with E-state index in [9.17, 15) is 4.79 Å². The van der Waals surface area contributed by atoms with Gasteiger partial charge in [0.25, 0.3) is 0 Å². The van der Waals surface area contributed by atoms with Crippen LogP contribution in [-0.4, -0.2) is 31.3 Å². The van der Waals surface area contributed by atoms with Gasteiger partial charge in [-0.2, -0.15) is 0 Å². The first-order valence-electron chi connectivity index (χ1n) is 4.80. The van der Waals surface area contributed by atoms with E-state index in [1.807, 2.05) is 50.2 Å². The zero-order valence-corrected chi connectivity index (χ0v) is 9.08. The molecule has 1 aromatic rings. The monoisotopic (exact) mass is 191 g/mol. The van der Waals surface area contributed by atoms with Gasteiger partial charge in [-0.3, -0.25) is 4.79 Å². The zero-order valence-electron chi connectivity index (χ0n) is 9.08. The number of ketones is 1. The minimum absolute atomic E-state index is 0.268. The van der Waals surface area contributed by atoms with Crippen LogP contribution in [0.4, 0.5) is 0 Å². The van der Waals surface area contributed by atoms with Gasteiger partial charge in [-0.15, -0.1) is 0 Å². The Kier molecular flexibility index (Phi) is 3.84. The summed E-state index contributed by atoms with van der Waals surface area (Å²) >= 11 is 0. The number of rotatable bonds is 4. The van der Waals surface area contributed by atoms with E-state index >= 15 is 0 Å². The summed E-state index contributed by atoms with van der Waals surface area (Å²) in [6.07, 6.45) is 0.546. The van der Waals surface area contributed by atoms with Crippen LogP contribution in [-0.2, 0) is 11.2 Å². The molecule has 0 bridgehead atoms. The van der Waals surface area contributed by atoms with Crippen molar-refractivity contribution in [1.82, 2.24) is 4.90 Å². The van der Waals surface area contributed by atoms with E-state index in [0.717, 1.165) is 5.56 Å². The maximum Gasteiger partial charge on any atom is 0.151 e. The van der Waals surface area contributed by atoms with Crippen LogP contribution in [0.2, 0.25) is 0 Å². The number of hydrogen-bond acceptors (Lipinski definition) is 2. The highest BCUT2D eigenvalue weighted by Crippen LogP contribution is 2.07. The van der Waals surface area contributed by atoms with E-state index < -0.39 is 0 Å². The Labute approximate surface area is 85.5 Å². The topological polar surface area (TPSA) is 20.3 Å². The van der Waals surface area contributed by atoms with Crippen molar-refractivity contribution in [2.45, 2.75) is 13.3 Å². The number of nitrogens with zero attached hydrogens (tertiary/aromatic N) is 1. The number of benzene rings is 1. The lowest BCUT2D eigenvalue weighted by Crippen LogP contribution is -2.23. The van der Waals surface area contributed by atoms with Gasteiger partial charge in [-0.1, -0.05) is 24.3 Å². The van der Waals surface area contributed by atoms with Gasteiger partial charge in [0.15, 0.2) is 5.78 Å². The van der Waals surface area contributed by atoms with E-state index in [-0.39, 0.29) is 5.78 Å². The van der Waals surface area contributed by atoms with Crippen LogP contribution in [0.15, 0.2) is 24.3 Å². The second-order valence-electron chi connectivity index (χ2n) is 3.88. The van der Waals surface area contributed by atoms with Crippen LogP contribution in [0.25, 0.3) is 0 Å². The summed E-state index contributed by atoms with van der Waals surface area (Å²) in [5.41, 5.74) is 2.33. The van der Waals surface area contributed by atoms with Crippen molar-refractivity contribution >= 4 is 5.78 Å². The molecular formula is C12H17NO. The fraction of sp³-hybridized carbons (Fsp3) is 0.417. The first-order valence-corrected chi connectivity index (χ1v) is 4.80. The van der Waals surface area contributed by atoms with E-state index in [1.54, 1.807) is 0 Å². The molecule has 0 aliphatic rings. The minimum Gasteiger partial charge on any atom is -0.302 e. The summed E-state index contributed by atoms with van der Waals surface area (Å²) in [7, 11) is 3.82. The van der Waals surface area contributed by atoms with Gasteiger partial charge in [0, 0.05) is 6.42 Å². The highest BCUT2D eigenvalue weighted by Gasteiger charge is 2.06. The Balaban J connectivity index is 2.61. The number of carbonyl (C=O) groups excluding carboxylic acids is 1. The van der Waals surface area contributed by atoms with Crippen LogP contribution < -0.4 is 0 Å². The summed E-state index contributed by atoms with van der Waals surface area (Å²) in [5, 5.41) is 0. The van der Waals surface area contributed by atoms with E-state index in [0.29, 0.717) is 13.0 Å². The molecule has 0 aliphatic heterocycles.